The average molecular weight is 249 g/mol. The molecule has 0 spiro atoms. The van der Waals surface area contributed by atoms with Crippen molar-refractivity contribution in [3.05, 3.63) is 11.9 Å². The van der Waals surface area contributed by atoms with E-state index in [-0.39, 0.29) is 18.4 Å². The Morgan fingerprint density at radius 2 is 2.22 bits per heavy atom. The van der Waals surface area contributed by atoms with Crippen molar-refractivity contribution in [1.29, 1.82) is 0 Å². The molecule has 1 aliphatic carbocycles. The molecule has 1 aliphatic rings. The Hall–Kier alpha value is -1.85. The third-order valence-electron chi connectivity index (χ3n) is 2.65. The molecule has 0 atom stereocenters. The number of nitrogens with zero attached hydrogens (tertiary/aromatic N) is 2. The first-order chi connectivity index (χ1) is 8.54. The zero-order valence-corrected chi connectivity index (χ0v) is 10.7. The van der Waals surface area contributed by atoms with Crippen molar-refractivity contribution in [1.82, 2.24) is 15.3 Å². The Morgan fingerprint density at radius 3 is 2.83 bits per heavy atom. The van der Waals surface area contributed by atoms with E-state index in [0.29, 0.717) is 23.5 Å². The van der Waals surface area contributed by atoms with Gasteiger partial charge in [0.1, 0.15) is 17.5 Å². The number of hydrogen-bond donors (Lipinski definition) is 3. The molecular weight excluding hydrogens is 230 g/mol. The SMILES string of the molecule is CC(C)c1nc(N)cc(NCC(=O)NC2CC2)n1. The van der Waals surface area contributed by atoms with Crippen LogP contribution in [-0.2, 0) is 4.79 Å². The molecule has 1 aromatic heterocycles. The summed E-state index contributed by atoms with van der Waals surface area (Å²) in [5.41, 5.74) is 5.70. The van der Waals surface area contributed by atoms with Crippen molar-refractivity contribution in [3.8, 4) is 0 Å². The van der Waals surface area contributed by atoms with Crippen LogP contribution in [0.4, 0.5) is 11.6 Å². The van der Waals surface area contributed by atoms with Crippen LogP contribution in [0.15, 0.2) is 6.07 Å². The second kappa shape index (κ2) is 5.20. The normalized spacial score (nSPS) is 14.6. The number of anilines is 2. The molecular formula is C12H19N5O. The number of nitrogen functional groups attached to an aromatic ring is 1. The molecule has 1 amide bonds. The minimum absolute atomic E-state index is 0.0132. The van der Waals surface area contributed by atoms with Gasteiger partial charge in [-0.05, 0) is 12.8 Å². The van der Waals surface area contributed by atoms with E-state index in [1.165, 1.54) is 0 Å². The molecule has 1 heterocycles. The van der Waals surface area contributed by atoms with Gasteiger partial charge in [0.15, 0.2) is 0 Å². The van der Waals surface area contributed by atoms with Gasteiger partial charge in [0.2, 0.25) is 5.91 Å². The quantitative estimate of drug-likeness (QED) is 0.720. The lowest BCUT2D eigenvalue weighted by Gasteiger charge is -2.10. The summed E-state index contributed by atoms with van der Waals surface area (Å²) in [5.74, 6) is 1.88. The molecule has 0 aliphatic heterocycles. The Labute approximate surface area is 106 Å². The largest absolute Gasteiger partial charge is 0.384 e. The number of amides is 1. The summed E-state index contributed by atoms with van der Waals surface area (Å²) in [6.07, 6.45) is 2.17. The molecule has 0 bridgehead atoms. The van der Waals surface area contributed by atoms with E-state index in [1.807, 2.05) is 13.8 Å². The van der Waals surface area contributed by atoms with Gasteiger partial charge in [0, 0.05) is 18.0 Å². The average Bonchev–Trinajstić information content (AvgIpc) is 3.09. The summed E-state index contributed by atoms with van der Waals surface area (Å²) >= 11 is 0. The molecule has 6 heteroatoms. The summed E-state index contributed by atoms with van der Waals surface area (Å²) in [4.78, 5) is 20.0. The molecule has 98 valence electrons. The van der Waals surface area contributed by atoms with Crippen LogP contribution in [0.1, 0.15) is 38.4 Å². The highest BCUT2D eigenvalue weighted by Crippen LogP contribution is 2.18. The molecule has 0 unspecified atom stereocenters. The van der Waals surface area contributed by atoms with E-state index in [2.05, 4.69) is 20.6 Å². The highest BCUT2D eigenvalue weighted by Gasteiger charge is 2.22. The van der Waals surface area contributed by atoms with E-state index < -0.39 is 0 Å². The Balaban J connectivity index is 1.93. The maximum absolute atomic E-state index is 11.5. The topological polar surface area (TPSA) is 92.9 Å². The number of hydrogen-bond acceptors (Lipinski definition) is 5. The Morgan fingerprint density at radius 1 is 1.50 bits per heavy atom. The van der Waals surface area contributed by atoms with Gasteiger partial charge in [0.25, 0.3) is 0 Å². The third kappa shape index (κ3) is 3.58. The summed E-state index contributed by atoms with van der Waals surface area (Å²) in [6.45, 7) is 4.21. The van der Waals surface area contributed by atoms with Crippen molar-refractivity contribution < 1.29 is 4.79 Å². The van der Waals surface area contributed by atoms with Crippen LogP contribution in [0, 0.1) is 0 Å². The van der Waals surface area contributed by atoms with Crippen LogP contribution >= 0.6 is 0 Å². The van der Waals surface area contributed by atoms with Gasteiger partial charge in [-0.2, -0.15) is 0 Å². The molecule has 1 aromatic rings. The van der Waals surface area contributed by atoms with E-state index >= 15 is 0 Å². The van der Waals surface area contributed by atoms with Crippen molar-refractivity contribution >= 4 is 17.5 Å². The van der Waals surface area contributed by atoms with Crippen molar-refractivity contribution in [2.45, 2.75) is 38.6 Å². The predicted octanol–water partition coefficient (Wildman–Crippen LogP) is 0.873. The van der Waals surface area contributed by atoms with Gasteiger partial charge in [-0.15, -0.1) is 0 Å². The smallest absolute Gasteiger partial charge is 0.239 e. The van der Waals surface area contributed by atoms with Crippen LogP contribution in [0.3, 0.4) is 0 Å². The second-order valence-corrected chi connectivity index (χ2v) is 4.89. The first kappa shape index (κ1) is 12.6. The lowest BCUT2D eigenvalue weighted by atomic mass is 10.2. The summed E-state index contributed by atoms with van der Waals surface area (Å²) in [7, 11) is 0. The van der Waals surface area contributed by atoms with E-state index in [4.69, 9.17) is 5.73 Å². The molecule has 2 rings (SSSR count). The first-order valence-electron chi connectivity index (χ1n) is 6.22. The molecule has 1 saturated carbocycles. The predicted molar refractivity (Wildman–Crippen MR) is 70.2 cm³/mol. The molecule has 0 saturated heterocycles. The first-order valence-corrected chi connectivity index (χ1v) is 6.22. The fourth-order valence-corrected chi connectivity index (χ4v) is 1.51. The monoisotopic (exact) mass is 249 g/mol. The maximum atomic E-state index is 11.5. The Kier molecular flexibility index (Phi) is 3.64. The van der Waals surface area contributed by atoms with Gasteiger partial charge >= 0.3 is 0 Å². The zero-order chi connectivity index (χ0) is 13.1. The lowest BCUT2D eigenvalue weighted by molar-refractivity contribution is -0.119. The van der Waals surface area contributed by atoms with Crippen LogP contribution in [0.25, 0.3) is 0 Å². The highest BCUT2D eigenvalue weighted by molar-refractivity contribution is 5.81. The van der Waals surface area contributed by atoms with Crippen molar-refractivity contribution in [2.24, 2.45) is 0 Å². The number of carbonyl (C=O) groups excluding carboxylic acids is 1. The van der Waals surface area contributed by atoms with Crippen molar-refractivity contribution in [3.63, 3.8) is 0 Å². The van der Waals surface area contributed by atoms with Crippen LogP contribution in [0.5, 0.6) is 0 Å². The van der Waals surface area contributed by atoms with Crippen LogP contribution in [0.2, 0.25) is 0 Å². The summed E-state index contributed by atoms with van der Waals surface area (Å²) in [6, 6.07) is 2.01. The number of rotatable bonds is 5. The minimum Gasteiger partial charge on any atom is -0.384 e. The number of nitrogens with one attached hydrogen (secondary N) is 2. The number of nitrogens with two attached hydrogens (primary N) is 1. The fraction of sp³-hybridized carbons (Fsp3) is 0.583. The molecule has 1 fully saturated rings. The third-order valence-corrected chi connectivity index (χ3v) is 2.65. The summed E-state index contributed by atoms with van der Waals surface area (Å²) in [5, 5.41) is 5.87. The number of carbonyl (C=O) groups is 1. The van der Waals surface area contributed by atoms with Gasteiger partial charge < -0.3 is 16.4 Å². The number of aromatic nitrogens is 2. The van der Waals surface area contributed by atoms with E-state index in [1.54, 1.807) is 6.07 Å². The van der Waals surface area contributed by atoms with E-state index in [0.717, 1.165) is 12.8 Å². The van der Waals surface area contributed by atoms with Crippen LogP contribution in [-0.4, -0.2) is 28.5 Å². The summed E-state index contributed by atoms with van der Waals surface area (Å²) < 4.78 is 0. The minimum atomic E-state index is -0.0132. The molecule has 4 N–H and O–H groups in total. The molecule has 18 heavy (non-hydrogen) atoms. The van der Waals surface area contributed by atoms with Gasteiger partial charge in [-0.1, -0.05) is 13.8 Å². The van der Waals surface area contributed by atoms with Gasteiger partial charge in [-0.3, -0.25) is 4.79 Å². The highest BCUT2D eigenvalue weighted by atomic mass is 16.2. The molecule has 0 radical (unpaired) electrons. The fourth-order valence-electron chi connectivity index (χ4n) is 1.51. The lowest BCUT2D eigenvalue weighted by Crippen LogP contribution is -2.31. The van der Waals surface area contributed by atoms with Gasteiger partial charge in [-0.25, -0.2) is 9.97 Å². The molecule has 6 nitrogen and oxygen atoms in total. The molecule has 0 aromatic carbocycles. The van der Waals surface area contributed by atoms with Crippen LogP contribution < -0.4 is 16.4 Å². The van der Waals surface area contributed by atoms with Crippen molar-refractivity contribution in [2.75, 3.05) is 17.6 Å². The Bertz CT molecular complexity index is 442. The maximum Gasteiger partial charge on any atom is 0.239 e. The standard InChI is InChI=1S/C12H19N5O/c1-7(2)12-16-9(13)5-10(17-12)14-6-11(18)15-8-3-4-8/h5,7-8H,3-4,6H2,1-2H3,(H,15,18)(H3,13,14,16,17). The second-order valence-electron chi connectivity index (χ2n) is 4.89. The van der Waals surface area contributed by atoms with Gasteiger partial charge in [0.05, 0.1) is 6.54 Å². The zero-order valence-electron chi connectivity index (χ0n) is 10.7. The van der Waals surface area contributed by atoms with E-state index in [9.17, 15) is 4.79 Å².